The monoisotopic (exact) mass is 201 g/mol. The summed E-state index contributed by atoms with van der Waals surface area (Å²) in [5, 5.41) is 8.16. The van der Waals surface area contributed by atoms with Crippen molar-refractivity contribution < 1.29 is 0 Å². The maximum Gasteiger partial charge on any atom is 0.118 e. The second-order valence-electron chi connectivity index (χ2n) is 3.07. The van der Waals surface area contributed by atoms with Gasteiger partial charge in [0.15, 0.2) is 0 Å². The Morgan fingerprint density at radius 1 is 1.27 bits per heavy atom. The molecule has 0 amide bonds. The molecule has 0 fully saturated rings. The summed E-state index contributed by atoms with van der Waals surface area (Å²) >= 11 is 0. The SMILES string of the molecule is NCc1ccc2cccnc2c1N=NN. The van der Waals surface area contributed by atoms with E-state index in [1.54, 1.807) is 6.20 Å². The number of hydrogen-bond acceptors (Lipinski definition) is 4. The molecular formula is C10H11N5. The molecule has 76 valence electrons. The Morgan fingerprint density at radius 2 is 2.13 bits per heavy atom. The van der Waals surface area contributed by atoms with Gasteiger partial charge < -0.3 is 11.6 Å². The fourth-order valence-electron chi connectivity index (χ4n) is 1.51. The Labute approximate surface area is 86.8 Å². The van der Waals surface area contributed by atoms with Crippen molar-refractivity contribution in [1.82, 2.24) is 4.98 Å². The van der Waals surface area contributed by atoms with Crippen molar-refractivity contribution in [2.75, 3.05) is 0 Å². The molecule has 0 bridgehead atoms. The van der Waals surface area contributed by atoms with Gasteiger partial charge in [0, 0.05) is 18.1 Å². The van der Waals surface area contributed by atoms with Gasteiger partial charge in [-0.1, -0.05) is 23.4 Å². The molecule has 1 aromatic heterocycles. The van der Waals surface area contributed by atoms with Crippen LogP contribution in [0, 0.1) is 0 Å². The first-order valence-corrected chi connectivity index (χ1v) is 4.54. The Kier molecular flexibility index (Phi) is 2.55. The smallest absolute Gasteiger partial charge is 0.118 e. The third-order valence-electron chi connectivity index (χ3n) is 2.21. The van der Waals surface area contributed by atoms with Crippen LogP contribution in [-0.2, 0) is 6.54 Å². The average molecular weight is 201 g/mol. The van der Waals surface area contributed by atoms with Crippen LogP contribution in [-0.4, -0.2) is 4.98 Å². The number of fused-ring (bicyclic) bond motifs is 1. The van der Waals surface area contributed by atoms with Crippen molar-refractivity contribution in [3.05, 3.63) is 36.0 Å². The molecule has 0 spiro atoms. The highest BCUT2D eigenvalue weighted by molar-refractivity contribution is 5.90. The zero-order valence-corrected chi connectivity index (χ0v) is 8.09. The third kappa shape index (κ3) is 1.64. The zero-order valence-electron chi connectivity index (χ0n) is 8.09. The number of pyridine rings is 1. The lowest BCUT2D eigenvalue weighted by Crippen LogP contribution is -1.97. The summed E-state index contributed by atoms with van der Waals surface area (Å²) in [6.45, 7) is 0.390. The zero-order chi connectivity index (χ0) is 10.7. The molecule has 5 nitrogen and oxygen atoms in total. The third-order valence-corrected chi connectivity index (χ3v) is 2.21. The summed E-state index contributed by atoms with van der Waals surface area (Å²) in [4.78, 5) is 4.24. The molecule has 0 aliphatic rings. The van der Waals surface area contributed by atoms with Crippen LogP contribution < -0.4 is 11.6 Å². The summed E-state index contributed by atoms with van der Waals surface area (Å²) in [6, 6.07) is 7.69. The van der Waals surface area contributed by atoms with Crippen molar-refractivity contribution in [2.24, 2.45) is 21.9 Å². The molecule has 0 radical (unpaired) electrons. The number of aromatic nitrogens is 1. The predicted molar refractivity (Wildman–Crippen MR) is 58.3 cm³/mol. The highest BCUT2D eigenvalue weighted by Gasteiger charge is 2.06. The number of benzene rings is 1. The van der Waals surface area contributed by atoms with E-state index in [4.69, 9.17) is 11.6 Å². The van der Waals surface area contributed by atoms with Crippen molar-refractivity contribution in [3.8, 4) is 0 Å². The molecule has 0 unspecified atom stereocenters. The fourth-order valence-corrected chi connectivity index (χ4v) is 1.51. The maximum absolute atomic E-state index is 5.60. The molecule has 0 aliphatic carbocycles. The van der Waals surface area contributed by atoms with Gasteiger partial charge in [-0.05, 0) is 11.6 Å². The van der Waals surface area contributed by atoms with Crippen molar-refractivity contribution >= 4 is 16.6 Å². The lowest BCUT2D eigenvalue weighted by Gasteiger charge is -2.04. The van der Waals surface area contributed by atoms with E-state index in [1.807, 2.05) is 24.3 Å². The number of nitrogens with two attached hydrogens (primary N) is 2. The quantitative estimate of drug-likeness (QED) is 0.439. The summed E-state index contributed by atoms with van der Waals surface area (Å²) < 4.78 is 0. The van der Waals surface area contributed by atoms with Crippen LogP contribution in [0.5, 0.6) is 0 Å². The van der Waals surface area contributed by atoms with Gasteiger partial charge in [0.25, 0.3) is 0 Å². The Balaban J connectivity index is 2.78. The first-order chi connectivity index (χ1) is 7.36. The largest absolute Gasteiger partial charge is 0.326 e. The highest BCUT2D eigenvalue weighted by atomic mass is 15.3. The summed E-state index contributed by atoms with van der Waals surface area (Å²) in [5.41, 5.74) is 7.91. The van der Waals surface area contributed by atoms with Crippen LogP contribution in [0.1, 0.15) is 5.56 Å². The minimum Gasteiger partial charge on any atom is -0.326 e. The van der Waals surface area contributed by atoms with Gasteiger partial charge in [0.2, 0.25) is 0 Å². The molecule has 2 aromatic rings. The number of nitrogens with zero attached hydrogens (tertiary/aromatic N) is 3. The average Bonchev–Trinajstić information content (AvgIpc) is 2.30. The Bertz CT molecular complexity index is 506. The lowest BCUT2D eigenvalue weighted by molar-refractivity contribution is 1.02. The standard InChI is InChI=1S/C10H11N5/c11-6-8-4-3-7-2-1-5-13-9(7)10(8)14-15-12/h1-5H,6,11H2,(H2,12,14). The van der Waals surface area contributed by atoms with Gasteiger partial charge in [0.05, 0.1) is 5.52 Å². The van der Waals surface area contributed by atoms with Crippen molar-refractivity contribution in [2.45, 2.75) is 6.54 Å². The van der Waals surface area contributed by atoms with E-state index in [2.05, 4.69) is 15.3 Å². The van der Waals surface area contributed by atoms with Gasteiger partial charge in [0.1, 0.15) is 5.69 Å². The summed E-state index contributed by atoms with van der Waals surface area (Å²) in [6.07, 6.45) is 1.71. The summed E-state index contributed by atoms with van der Waals surface area (Å²) in [5.74, 6) is 5.06. The van der Waals surface area contributed by atoms with Gasteiger partial charge in [-0.15, -0.1) is 5.11 Å². The van der Waals surface area contributed by atoms with Crippen LogP contribution >= 0.6 is 0 Å². The minimum atomic E-state index is 0.390. The predicted octanol–water partition coefficient (Wildman–Crippen LogP) is 1.65. The first kappa shape index (κ1) is 9.54. The van der Waals surface area contributed by atoms with E-state index >= 15 is 0 Å². The number of rotatable bonds is 2. The molecule has 0 atom stereocenters. The molecule has 0 saturated heterocycles. The molecule has 4 N–H and O–H groups in total. The second-order valence-corrected chi connectivity index (χ2v) is 3.07. The second kappa shape index (κ2) is 4.02. The molecular weight excluding hydrogens is 190 g/mol. The molecule has 15 heavy (non-hydrogen) atoms. The number of hydrogen-bond donors (Lipinski definition) is 2. The van der Waals surface area contributed by atoms with Crippen molar-refractivity contribution in [1.29, 1.82) is 0 Å². The summed E-state index contributed by atoms with van der Waals surface area (Å²) in [7, 11) is 0. The van der Waals surface area contributed by atoms with E-state index in [0.29, 0.717) is 12.2 Å². The minimum absolute atomic E-state index is 0.390. The highest BCUT2D eigenvalue weighted by Crippen LogP contribution is 2.28. The molecule has 2 rings (SSSR count). The van der Waals surface area contributed by atoms with E-state index in [-0.39, 0.29) is 0 Å². The van der Waals surface area contributed by atoms with Crippen LogP contribution in [0.3, 0.4) is 0 Å². The van der Waals surface area contributed by atoms with E-state index in [9.17, 15) is 0 Å². The van der Waals surface area contributed by atoms with E-state index < -0.39 is 0 Å². The normalized spacial score (nSPS) is 11.3. The Hall–Kier alpha value is -2.01. The first-order valence-electron chi connectivity index (χ1n) is 4.54. The fraction of sp³-hybridized carbons (Fsp3) is 0.100. The maximum atomic E-state index is 5.60. The van der Waals surface area contributed by atoms with Gasteiger partial charge in [-0.2, -0.15) is 0 Å². The van der Waals surface area contributed by atoms with Crippen LogP contribution in [0.15, 0.2) is 40.8 Å². The van der Waals surface area contributed by atoms with E-state index in [1.165, 1.54) is 0 Å². The molecule has 0 saturated carbocycles. The van der Waals surface area contributed by atoms with E-state index in [0.717, 1.165) is 16.5 Å². The molecule has 1 aromatic carbocycles. The lowest BCUT2D eigenvalue weighted by atomic mass is 10.1. The van der Waals surface area contributed by atoms with Crippen molar-refractivity contribution in [3.63, 3.8) is 0 Å². The van der Waals surface area contributed by atoms with Crippen LogP contribution in [0.2, 0.25) is 0 Å². The molecule has 5 heteroatoms. The molecule has 0 aliphatic heterocycles. The Morgan fingerprint density at radius 3 is 2.87 bits per heavy atom. The van der Waals surface area contributed by atoms with Gasteiger partial charge in [-0.25, -0.2) is 0 Å². The van der Waals surface area contributed by atoms with Crippen LogP contribution in [0.4, 0.5) is 5.69 Å². The topological polar surface area (TPSA) is 89.6 Å². The van der Waals surface area contributed by atoms with Gasteiger partial charge >= 0.3 is 0 Å². The molecule has 1 heterocycles. The van der Waals surface area contributed by atoms with Gasteiger partial charge in [-0.3, -0.25) is 4.98 Å². The van der Waals surface area contributed by atoms with Crippen LogP contribution in [0.25, 0.3) is 10.9 Å².